The van der Waals surface area contributed by atoms with Crippen molar-refractivity contribution in [2.45, 2.75) is 36.0 Å². The zero-order valence-electron chi connectivity index (χ0n) is 12.9. The molecule has 0 aromatic heterocycles. The number of Topliss-reactive ketones (excluding diaryl/α,β-unsaturated/α-hetero) is 1. The molecule has 1 fully saturated rings. The number of halogens is 2. The number of hydrogen-bond acceptors (Lipinski definition) is 3. The molecule has 0 radical (unpaired) electrons. The minimum atomic E-state index is -0.427. The van der Waals surface area contributed by atoms with E-state index in [1.54, 1.807) is 7.11 Å². The summed E-state index contributed by atoms with van der Waals surface area (Å²) in [5.41, 5.74) is 0.663. The molecule has 1 aliphatic rings. The van der Waals surface area contributed by atoms with E-state index in [0.29, 0.717) is 5.78 Å². The van der Waals surface area contributed by atoms with Crippen LogP contribution in [0.25, 0.3) is 0 Å². The number of alkyl halides is 1. The molecule has 0 spiro atoms. The van der Waals surface area contributed by atoms with Gasteiger partial charge >= 0.3 is 0 Å². The van der Waals surface area contributed by atoms with Crippen LogP contribution in [0.3, 0.4) is 0 Å². The van der Waals surface area contributed by atoms with Gasteiger partial charge in [0.2, 0.25) is 0 Å². The van der Waals surface area contributed by atoms with Crippen molar-refractivity contribution in [3.8, 4) is 5.75 Å². The predicted octanol–water partition coefficient (Wildman–Crippen LogP) is 3.59. The van der Waals surface area contributed by atoms with Crippen molar-refractivity contribution >= 4 is 38.7 Å². The minimum absolute atomic E-state index is 0. The van der Waals surface area contributed by atoms with Crippen molar-refractivity contribution < 1.29 is 9.53 Å². The summed E-state index contributed by atoms with van der Waals surface area (Å²) < 4.78 is 5.22. The Bertz CT molecular complexity index is 490. The number of carbonyl (C=O) groups is 1. The van der Waals surface area contributed by atoms with Gasteiger partial charge < -0.3 is 9.64 Å². The van der Waals surface area contributed by atoms with Crippen LogP contribution in [0, 0.1) is 0 Å². The summed E-state index contributed by atoms with van der Waals surface area (Å²) in [6.07, 6.45) is 1.77. The molecule has 0 N–H and O–H groups in total. The van der Waals surface area contributed by atoms with Gasteiger partial charge in [-0.2, -0.15) is 0 Å². The molecular formula is C16H23Br2NO2. The first-order valence-electron chi connectivity index (χ1n) is 6.93. The van der Waals surface area contributed by atoms with Crippen molar-refractivity contribution in [3.63, 3.8) is 0 Å². The second-order valence-electron chi connectivity index (χ2n) is 5.71. The van der Waals surface area contributed by atoms with Crippen LogP contribution in [0.4, 0.5) is 0 Å². The van der Waals surface area contributed by atoms with Crippen LogP contribution < -0.4 is 4.74 Å². The zero-order valence-corrected chi connectivity index (χ0v) is 16.2. The highest BCUT2D eigenvalue weighted by molar-refractivity contribution is 9.10. The van der Waals surface area contributed by atoms with Crippen molar-refractivity contribution in [2.75, 3.05) is 21.2 Å². The van der Waals surface area contributed by atoms with Gasteiger partial charge in [-0.25, -0.2) is 0 Å². The lowest BCUT2D eigenvalue weighted by molar-refractivity contribution is -0.123. The second kappa shape index (κ2) is 7.25. The summed E-state index contributed by atoms with van der Waals surface area (Å²) in [4.78, 5) is 14.9. The molecule has 1 aromatic rings. The van der Waals surface area contributed by atoms with E-state index in [-0.39, 0.29) is 27.9 Å². The fourth-order valence-electron chi connectivity index (χ4n) is 3.16. The molecule has 0 bridgehead atoms. The molecule has 21 heavy (non-hydrogen) atoms. The Hall–Kier alpha value is -0.390. The Labute approximate surface area is 145 Å². The third-order valence-corrected chi connectivity index (χ3v) is 5.48. The molecule has 1 aromatic carbocycles. The smallest absolute Gasteiger partial charge is 0.158 e. The van der Waals surface area contributed by atoms with Crippen LogP contribution in [0.2, 0.25) is 0 Å². The van der Waals surface area contributed by atoms with Gasteiger partial charge in [0, 0.05) is 6.04 Å². The van der Waals surface area contributed by atoms with Gasteiger partial charge in [-0.3, -0.25) is 4.79 Å². The molecule has 1 saturated carbocycles. The topological polar surface area (TPSA) is 29.5 Å². The lowest BCUT2D eigenvalue weighted by Gasteiger charge is -2.38. The molecule has 3 atom stereocenters. The van der Waals surface area contributed by atoms with Gasteiger partial charge in [0.25, 0.3) is 0 Å². The fraction of sp³-hybridized carbons (Fsp3) is 0.562. The Morgan fingerprint density at radius 2 is 1.90 bits per heavy atom. The number of nitrogens with zero attached hydrogens (tertiary/aromatic N) is 1. The first kappa shape index (κ1) is 18.7. The first-order chi connectivity index (χ1) is 9.43. The van der Waals surface area contributed by atoms with Crippen LogP contribution in [0.1, 0.15) is 25.3 Å². The third kappa shape index (κ3) is 3.20. The number of hydrogen-bond donors (Lipinski definition) is 0. The maximum atomic E-state index is 12.8. The van der Waals surface area contributed by atoms with Gasteiger partial charge in [-0.05, 0) is 51.6 Å². The minimum Gasteiger partial charge on any atom is -0.497 e. The Morgan fingerprint density at radius 3 is 2.29 bits per heavy atom. The van der Waals surface area contributed by atoms with E-state index >= 15 is 0 Å². The summed E-state index contributed by atoms with van der Waals surface area (Å²) >= 11 is 3.53. The summed E-state index contributed by atoms with van der Waals surface area (Å²) in [7, 11) is 5.72. The van der Waals surface area contributed by atoms with Crippen LogP contribution in [-0.4, -0.2) is 42.8 Å². The maximum Gasteiger partial charge on any atom is 0.158 e. The van der Waals surface area contributed by atoms with E-state index in [1.165, 1.54) is 0 Å². The molecular weight excluding hydrogens is 398 g/mol. The van der Waals surface area contributed by atoms with Crippen molar-refractivity contribution in [2.24, 2.45) is 0 Å². The summed E-state index contributed by atoms with van der Waals surface area (Å²) in [6.45, 7) is 2.13. The number of benzene rings is 1. The molecule has 0 heterocycles. The van der Waals surface area contributed by atoms with E-state index in [1.807, 2.05) is 38.4 Å². The quantitative estimate of drug-likeness (QED) is 0.697. The van der Waals surface area contributed by atoms with Gasteiger partial charge in [0.15, 0.2) is 5.78 Å². The number of ketones is 1. The predicted molar refractivity (Wildman–Crippen MR) is 95.1 cm³/mol. The van der Waals surface area contributed by atoms with E-state index in [0.717, 1.165) is 24.2 Å². The van der Waals surface area contributed by atoms with Gasteiger partial charge in [0.1, 0.15) is 5.75 Å². The average molecular weight is 421 g/mol. The number of carbonyl (C=O) groups excluding carboxylic acids is 1. The van der Waals surface area contributed by atoms with Gasteiger partial charge in [-0.15, -0.1) is 17.0 Å². The van der Waals surface area contributed by atoms with Crippen molar-refractivity contribution in [1.29, 1.82) is 0 Å². The standard InChI is InChI=1S/C16H22BrNO2.BrH/c1-11(18(2)3)16(10-9-14(17)15(16)19)12-5-7-13(20-4)8-6-12;/h5-8,11,14H,9-10H2,1-4H3;1H. The number of ether oxygens (including phenoxy) is 1. The summed E-state index contributed by atoms with van der Waals surface area (Å²) in [5.74, 6) is 1.12. The number of methoxy groups -OCH3 is 1. The van der Waals surface area contributed by atoms with E-state index in [2.05, 4.69) is 27.8 Å². The summed E-state index contributed by atoms with van der Waals surface area (Å²) in [6, 6.07) is 8.09. The number of likely N-dealkylation sites (N-methyl/N-ethyl adjacent to an activating group) is 1. The highest BCUT2D eigenvalue weighted by atomic mass is 79.9. The highest BCUT2D eigenvalue weighted by Gasteiger charge is 2.52. The van der Waals surface area contributed by atoms with Crippen LogP contribution in [0.5, 0.6) is 5.75 Å². The molecule has 3 nitrogen and oxygen atoms in total. The van der Waals surface area contributed by atoms with Crippen LogP contribution >= 0.6 is 32.9 Å². The van der Waals surface area contributed by atoms with Gasteiger partial charge in [0.05, 0.1) is 17.4 Å². The highest BCUT2D eigenvalue weighted by Crippen LogP contribution is 2.45. The maximum absolute atomic E-state index is 12.8. The second-order valence-corrected chi connectivity index (χ2v) is 6.82. The van der Waals surface area contributed by atoms with Crippen molar-refractivity contribution in [1.82, 2.24) is 4.90 Å². The fourth-order valence-corrected chi connectivity index (χ4v) is 3.80. The lowest BCUT2D eigenvalue weighted by atomic mass is 9.72. The molecule has 0 saturated heterocycles. The molecule has 5 heteroatoms. The van der Waals surface area contributed by atoms with Crippen LogP contribution in [-0.2, 0) is 10.2 Å². The Kier molecular flexibility index (Phi) is 6.44. The lowest BCUT2D eigenvalue weighted by Crippen LogP contribution is -2.50. The molecule has 2 rings (SSSR count). The molecule has 118 valence electrons. The zero-order chi connectivity index (χ0) is 14.9. The monoisotopic (exact) mass is 419 g/mol. The first-order valence-corrected chi connectivity index (χ1v) is 7.84. The van der Waals surface area contributed by atoms with E-state index < -0.39 is 5.41 Å². The van der Waals surface area contributed by atoms with E-state index in [4.69, 9.17) is 4.74 Å². The van der Waals surface area contributed by atoms with Crippen molar-refractivity contribution in [3.05, 3.63) is 29.8 Å². The van der Waals surface area contributed by atoms with Gasteiger partial charge in [-0.1, -0.05) is 28.1 Å². The average Bonchev–Trinajstić information content (AvgIpc) is 2.75. The number of rotatable bonds is 4. The molecule has 0 aliphatic heterocycles. The Balaban J connectivity index is 0.00000220. The Morgan fingerprint density at radius 1 is 1.33 bits per heavy atom. The molecule has 0 amide bonds. The SMILES string of the molecule is Br.COc1ccc(C2(C(C)N(C)C)CCC(Br)C2=O)cc1. The molecule has 1 aliphatic carbocycles. The van der Waals surface area contributed by atoms with E-state index in [9.17, 15) is 4.79 Å². The van der Waals surface area contributed by atoms with Crippen LogP contribution in [0.15, 0.2) is 24.3 Å². The molecule has 3 unspecified atom stereocenters. The third-order valence-electron chi connectivity index (χ3n) is 4.61. The largest absolute Gasteiger partial charge is 0.497 e. The summed E-state index contributed by atoms with van der Waals surface area (Å²) in [5, 5.41) is 0. The normalized spacial score (nSPS) is 26.6.